The zero-order valence-electron chi connectivity index (χ0n) is 28.7. The van der Waals surface area contributed by atoms with Crippen molar-refractivity contribution in [1.82, 2.24) is 0 Å². The van der Waals surface area contributed by atoms with E-state index in [1.54, 1.807) is 0 Å². The molecule has 0 aliphatic heterocycles. The second-order valence-corrected chi connectivity index (χ2v) is 13.7. The first-order valence-corrected chi connectivity index (χ1v) is 18.0. The summed E-state index contributed by atoms with van der Waals surface area (Å²) in [4.78, 5) is 2.37. The Morgan fingerprint density at radius 2 is 0.736 bits per heavy atom. The fourth-order valence-electron chi connectivity index (χ4n) is 7.99. The molecule has 0 saturated carbocycles. The van der Waals surface area contributed by atoms with Crippen LogP contribution in [0.1, 0.15) is 0 Å². The van der Waals surface area contributed by atoms with Crippen molar-refractivity contribution in [3.8, 4) is 22.3 Å². The van der Waals surface area contributed by atoms with Gasteiger partial charge in [-0.2, -0.15) is 0 Å². The van der Waals surface area contributed by atoms with Gasteiger partial charge in [0.25, 0.3) is 0 Å². The molecule has 248 valence electrons. The average Bonchev–Trinajstić information content (AvgIpc) is 3.78. The first-order chi connectivity index (χ1) is 26.2. The van der Waals surface area contributed by atoms with Gasteiger partial charge in [0.1, 0.15) is 11.2 Å². The molecule has 0 aliphatic carbocycles. The number of nitrogens with zero attached hydrogens (tertiary/aromatic N) is 1. The zero-order chi connectivity index (χ0) is 34.9. The van der Waals surface area contributed by atoms with Crippen molar-refractivity contribution >= 4 is 82.5 Å². The number of hydrogen-bond donors (Lipinski definition) is 0. The molecule has 53 heavy (non-hydrogen) atoms. The highest BCUT2D eigenvalue weighted by molar-refractivity contribution is 6.26. The van der Waals surface area contributed by atoms with Gasteiger partial charge in [-0.25, -0.2) is 0 Å². The van der Waals surface area contributed by atoms with Gasteiger partial charge in [0.15, 0.2) is 11.2 Å². The molecule has 11 rings (SSSR count). The molecular weight excluding hydrogens is 647 g/mol. The minimum Gasteiger partial charge on any atom is -0.452 e. The highest BCUT2D eigenvalue weighted by Gasteiger charge is 2.25. The lowest BCUT2D eigenvalue weighted by Gasteiger charge is -2.27. The van der Waals surface area contributed by atoms with Gasteiger partial charge in [-0.05, 0) is 98.4 Å². The van der Waals surface area contributed by atoms with Gasteiger partial charge in [0, 0.05) is 27.5 Å². The third-order valence-corrected chi connectivity index (χ3v) is 10.6. The monoisotopic (exact) mass is 677 g/mol. The molecule has 0 N–H and O–H groups in total. The number of anilines is 3. The normalized spacial score (nSPS) is 11.8. The Morgan fingerprint density at radius 3 is 1.26 bits per heavy atom. The molecule has 0 spiro atoms. The highest BCUT2D eigenvalue weighted by Crippen LogP contribution is 2.49. The Kier molecular flexibility index (Phi) is 6.55. The van der Waals surface area contributed by atoms with Crippen molar-refractivity contribution in [3.63, 3.8) is 0 Å². The minimum absolute atomic E-state index is 0.745. The van der Waals surface area contributed by atoms with Crippen LogP contribution in [-0.2, 0) is 0 Å². The van der Waals surface area contributed by atoms with Crippen molar-refractivity contribution in [3.05, 3.63) is 188 Å². The maximum Gasteiger partial charge on any atom is 0.180 e. The molecule has 0 saturated heterocycles. The second-order valence-electron chi connectivity index (χ2n) is 13.7. The summed E-state index contributed by atoms with van der Waals surface area (Å²) in [7, 11) is 0. The Labute approximate surface area is 305 Å². The first kappa shape index (κ1) is 29.6. The maximum atomic E-state index is 6.90. The third-order valence-electron chi connectivity index (χ3n) is 10.6. The van der Waals surface area contributed by atoms with E-state index in [4.69, 9.17) is 8.83 Å². The molecule has 2 aromatic heterocycles. The molecule has 2 heterocycles. The molecule has 3 heteroatoms. The quantitative estimate of drug-likeness (QED) is 0.182. The summed E-state index contributed by atoms with van der Waals surface area (Å²) in [6.45, 7) is 0. The van der Waals surface area contributed by atoms with Crippen LogP contribution in [0.4, 0.5) is 17.1 Å². The van der Waals surface area contributed by atoms with Crippen molar-refractivity contribution in [2.24, 2.45) is 0 Å². The van der Waals surface area contributed by atoms with E-state index in [0.717, 1.165) is 77.1 Å². The Hall–Kier alpha value is -7.10. The maximum absolute atomic E-state index is 6.90. The summed E-state index contributed by atoms with van der Waals surface area (Å²) >= 11 is 0. The lowest BCUT2D eigenvalue weighted by Crippen LogP contribution is -2.10. The molecule has 0 radical (unpaired) electrons. The van der Waals surface area contributed by atoms with Crippen molar-refractivity contribution < 1.29 is 8.83 Å². The van der Waals surface area contributed by atoms with E-state index < -0.39 is 0 Å². The SMILES string of the molecule is c1ccc(-c2ccc(N(c3ccc(-c4ccccc4)cc3)c3cc4c5cc6ccccc6cc5oc4c4oc5cc6ccccc6cc5c34)cc2)cc1. The molecule has 11 aromatic rings. The standard InChI is InChI=1S/C50H31NO2/c1-3-11-32(12-4-1)34-19-23-40(24-20-34)51(41-25-21-35(22-26-41)33-13-5-2-6-14-33)45-31-43-42-27-36-15-7-9-17-38(36)29-46(42)52-49(43)50-48(45)44-28-37-16-8-10-18-39(37)30-47(44)53-50/h1-31H. The van der Waals surface area contributed by atoms with Gasteiger partial charge in [0.05, 0.1) is 11.1 Å². The van der Waals surface area contributed by atoms with Crippen molar-refractivity contribution in [1.29, 1.82) is 0 Å². The minimum atomic E-state index is 0.745. The van der Waals surface area contributed by atoms with Crippen LogP contribution >= 0.6 is 0 Å². The van der Waals surface area contributed by atoms with Crippen molar-refractivity contribution in [2.45, 2.75) is 0 Å². The van der Waals surface area contributed by atoms with E-state index in [2.05, 4.69) is 193 Å². The molecule has 0 atom stereocenters. The first-order valence-electron chi connectivity index (χ1n) is 18.0. The molecule has 0 amide bonds. The van der Waals surface area contributed by atoms with E-state index in [1.807, 2.05) is 0 Å². The highest BCUT2D eigenvalue weighted by atomic mass is 16.4. The number of fused-ring (bicyclic) bond motifs is 9. The fourth-order valence-corrected chi connectivity index (χ4v) is 7.99. The van der Waals surface area contributed by atoms with Crippen LogP contribution in [0.5, 0.6) is 0 Å². The van der Waals surface area contributed by atoms with Gasteiger partial charge >= 0.3 is 0 Å². The summed E-state index contributed by atoms with van der Waals surface area (Å²) in [6.07, 6.45) is 0. The predicted molar refractivity (Wildman–Crippen MR) is 222 cm³/mol. The Bertz CT molecular complexity index is 3060. The zero-order valence-corrected chi connectivity index (χ0v) is 28.7. The largest absolute Gasteiger partial charge is 0.452 e. The number of furan rings is 2. The van der Waals surface area contributed by atoms with Gasteiger partial charge in [-0.1, -0.05) is 133 Å². The lowest BCUT2D eigenvalue weighted by atomic mass is 10.00. The summed E-state index contributed by atoms with van der Waals surface area (Å²) in [5, 5.41) is 8.76. The molecule has 0 bridgehead atoms. The summed E-state index contributed by atoms with van der Waals surface area (Å²) in [5.74, 6) is 0. The smallest absolute Gasteiger partial charge is 0.180 e. The molecule has 0 fully saturated rings. The van der Waals surface area contributed by atoms with E-state index >= 15 is 0 Å². The molecule has 0 unspecified atom stereocenters. The second kappa shape index (κ2) is 11.7. The van der Waals surface area contributed by atoms with Gasteiger partial charge < -0.3 is 13.7 Å². The lowest BCUT2D eigenvalue weighted by molar-refractivity contribution is 0.634. The van der Waals surface area contributed by atoms with Crippen LogP contribution in [0.3, 0.4) is 0 Å². The number of hydrogen-bond acceptors (Lipinski definition) is 3. The number of rotatable bonds is 5. The van der Waals surface area contributed by atoms with Crippen LogP contribution in [-0.4, -0.2) is 0 Å². The van der Waals surface area contributed by atoms with Gasteiger partial charge in [-0.15, -0.1) is 0 Å². The predicted octanol–water partition coefficient (Wildman–Crippen LogP) is 14.6. The van der Waals surface area contributed by atoms with Crippen LogP contribution < -0.4 is 4.90 Å². The van der Waals surface area contributed by atoms with Gasteiger partial charge in [0.2, 0.25) is 0 Å². The Balaban J connectivity index is 1.23. The van der Waals surface area contributed by atoms with Gasteiger partial charge in [-0.3, -0.25) is 0 Å². The van der Waals surface area contributed by atoms with Crippen LogP contribution in [0.15, 0.2) is 197 Å². The van der Waals surface area contributed by atoms with E-state index in [1.165, 1.54) is 27.6 Å². The topological polar surface area (TPSA) is 29.5 Å². The third kappa shape index (κ3) is 4.82. The van der Waals surface area contributed by atoms with Crippen LogP contribution in [0, 0.1) is 0 Å². The van der Waals surface area contributed by atoms with Crippen LogP contribution in [0.25, 0.3) is 87.7 Å². The van der Waals surface area contributed by atoms with E-state index in [-0.39, 0.29) is 0 Å². The molecule has 0 aliphatic rings. The molecule has 3 nitrogen and oxygen atoms in total. The fraction of sp³-hybridized carbons (Fsp3) is 0. The molecular formula is C50H31NO2. The van der Waals surface area contributed by atoms with Crippen molar-refractivity contribution in [2.75, 3.05) is 4.90 Å². The summed E-state index contributed by atoms with van der Waals surface area (Å²) in [6, 6.07) is 66.9. The van der Waals surface area contributed by atoms with E-state index in [0.29, 0.717) is 0 Å². The van der Waals surface area contributed by atoms with Crippen LogP contribution in [0.2, 0.25) is 0 Å². The molecule has 9 aromatic carbocycles. The summed E-state index contributed by atoms with van der Waals surface area (Å²) < 4.78 is 13.7. The Morgan fingerprint density at radius 1 is 0.321 bits per heavy atom. The van der Waals surface area contributed by atoms with E-state index in [9.17, 15) is 0 Å². The number of benzene rings is 9. The average molecular weight is 678 g/mol. The summed E-state index contributed by atoms with van der Waals surface area (Å²) in [5.41, 5.74) is 11.0.